The van der Waals surface area contributed by atoms with Crippen LogP contribution in [0.2, 0.25) is 0 Å². The van der Waals surface area contributed by atoms with E-state index in [1.165, 1.54) is 17.7 Å². The number of aryl methyl sites for hydroxylation is 1. The summed E-state index contributed by atoms with van der Waals surface area (Å²) in [5.74, 6) is -0.665. The van der Waals surface area contributed by atoms with Crippen LogP contribution in [-0.4, -0.2) is 25.0 Å². The Balaban J connectivity index is 2.11. The van der Waals surface area contributed by atoms with Gasteiger partial charge < -0.3 is 9.64 Å². The highest BCUT2D eigenvalue weighted by Crippen LogP contribution is 2.26. The van der Waals surface area contributed by atoms with Crippen molar-refractivity contribution in [1.82, 2.24) is 0 Å². The number of amides is 1. The maximum atomic E-state index is 12.1. The summed E-state index contributed by atoms with van der Waals surface area (Å²) < 4.78 is 4.75. The van der Waals surface area contributed by atoms with Crippen LogP contribution in [0.15, 0.2) is 36.4 Å². The lowest BCUT2D eigenvalue weighted by molar-refractivity contribution is -0.137. The Morgan fingerprint density at radius 3 is 2.89 bits per heavy atom. The second kappa shape index (κ2) is 6.18. The lowest BCUT2D eigenvalue weighted by Gasteiger charge is -2.28. The molecule has 0 spiro atoms. The van der Waals surface area contributed by atoms with Gasteiger partial charge in [-0.05, 0) is 31.4 Å². The van der Waals surface area contributed by atoms with Crippen LogP contribution in [0.4, 0.5) is 5.69 Å². The molecule has 0 aromatic heterocycles. The predicted octanol–water partition coefficient (Wildman–Crippen LogP) is 2.09. The number of para-hydroxylation sites is 1. The van der Waals surface area contributed by atoms with Crippen LogP contribution in [-0.2, 0) is 20.7 Å². The molecule has 0 atom stereocenters. The molecule has 1 aliphatic rings. The fourth-order valence-electron chi connectivity index (χ4n) is 2.18. The van der Waals surface area contributed by atoms with E-state index in [0.29, 0.717) is 13.2 Å². The molecule has 1 amide bonds. The Kier molecular flexibility index (Phi) is 4.34. The van der Waals surface area contributed by atoms with Crippen LogP contribution in [0.5, 0.6) is 0 Å². The molecule has 1 aromatic rings. The van der Waals surface area contributed by atoms with Gasteiger partial charge in [0.05, 0.1) is 6.61 Å². The van der Waals surface area contributed by atoms with E-state index in [-0.39, 0.29) is 5.91 Å². The number of esters is 1. The van der Waals surface area contributed by atoms with Gasteiger partial charge in [-0.25, -0.2) is 4.79 Å². The van der Waals surface area contributed by atoms with E-state index in [1.54, 1.807) is 11.8 Å². The lowest BCUT2D eigenvalue weighted by atomic mass is 10.0. The number of hydrogen-bond donors (Lipinski definition) is 0. The standard InChI is InChI=1S/C15H17NO3/c1-2-19-15(18)10-9-14(17)16-11-5-7-12-6-3-4-8-13(12)16/h3-4,6,8-10H,2,5,7,11H2,1H3/b10-9+. The highest BCUT2D eigenvalue weighted by molar-refractivity contribution is 6.04. The van der Waals surface area contributed by atoms with Crippen molar-refractivity contribution in [2.45, 2.75) is 19.8 Å². The second-order valence-corrected chi connectivity index (χ2v) is 4.31. The Morgan fingerprint density at radius 2 is 2.11 bits per heavy atom. The topological polar surface area (TPSA) is 46.6 Å². The van der Waals surface area contributed by atoms with Crippen LogP contribution in [0.1, 0.15) is 18.9 Å². The van der Waals surface area contributed by atoms with Gasteiger partial charge in [-0.2, -0.15) is 0 Å². The molecule has 0 bridgehead atoms. The summed E-state index contributed by atoms with van der Waals surface area (Å²) in [6, 6.07) is 7.86. The van der Waals surface area contributed by atoms with Crippen LogP contribution in [0, 0.1) is 0 Å². The number of nitrogens with zero attached hydrogens (tertiary/aromatic N) is 1. The zero-order valence-corrected chi connectivity index (χ0v) is 11.0. The fourth-order valence-corrected chi connectivity index (χ4v) is 2.18. The van der Waals surface area contributed by atoms with Crippen molar-refractivity contribution in [2.24, 2.45) is 0 Å². The quantitative estimate of drug-likeness (QED) is 0.617. The van der Waals surface area contributed by atoms with E-state index in [9.17, 15) is 9.59 Å². The molecular weight excluding hydrogens is 242 g/mol. The minimum Gasteiger partial charge on any atom is -0.463 e. The van der Waals surface area contributed by atoms with Gasteiger partial charge in [0, 0.05) is 24.4 Å². The van der Waals surface area contributed by atoms with Crippen molar-refractivity contribution < 1.29 is 14.3 Å². The Labute approximate surface area is 112 Å². The lowest BCUT2D eigenvalue weighted by Crippen LogP contribution is -2.34. The van der Waals surface area contributed by atoms with Crippen LogP contribution in [0.3, 0.4) is 0 Å². The number of ether oxygens (including phenoxy) is 1. The molecule has 0 saturated carbocycles. The Hall–Kier alpha value is -2.10. The number of carbonyl (C=O) groups excluding carboxylic acids is 2. The first-order chi connectivity index (χ1) is 9.22. The number of rotatable bonds is 3. The molecule has 1 aromatic carbocycles. The largest absolute Gasteiger partial charge is 0.463 e. The van der Waals surface area contributed by atoms with E-state index >= 15 is 0 Å². The summed E-state index contributed by atoms with van der Waals surface area (Å²) in [6.45, 7) is 2.72. The van der Waals surface area contributed by atoms with Gasteiger partial charge in [0.15, 0.2) is 0 Å². The molecule has 0 saturated heterocycles. The first-order valence-electron chi connectivity index (χ1n) is 6.46. The summed E-state index contributed by atoms with van der Waals surface area (Å²) in [7, 11) is 0. The number of benzene rings is 1. The molecule has 0 unspecified atom stereocenters. The zero-order chi connectivity index (χ0) is 13.7. The molecule has 100 valence electrons. The summed E-state index contributed by atoms with van der Waals surface area (Å²) in [5, 5.41) is 0. The van der Waals surface area contributed by atoms with E-state index in [2.05, 4.69) is 0 Å². The van der Waals surface area contributed by atoms with E-state index in [1.807, 2.05) is 24.3 Å². The van der Waals surface area contributed by atoms with Gasteiger partial charge in [-0.1, -0.05) is 18.2 Å². The number of carbonyl (C=O) groups is 2. The van der Waals surface area contributed by atoms with Crippen LogP contribution < -0.4 is 4.90 Å². The van der Waals surface area contributed by atoms with Crippen LogP contribution in [0.25, 0.3) is 0 Å². The maximum absolute atomic E-state index is 12.1. The average Bonchev–Trinajstić information content (AvgIpc) is 2.44. The van der Waals surface area contributed by atoms with E-state index < -0.39 is 5.97 Å². The van der Waals surface area contributed by atoms with Gasteiger partial charge in [-0.3, -0.25) is 4.79 Å². The third-order valence-corrected chi connectivity index (χ3v) is 3.02. The molecule has 0 N–H and O–H groups in total. The SMILES string of the molecule is CCOC(=O)/C=C/C(=O)N1CCCc2ccccc21. The van der Waals surface area contributed by atoms with Crippen molar-refractivity contribution in [3.63, 3.8) is 0 Å². The first kappa shape index (κ1) is 13.3. The molecule has 1 aliphatic heterocycles. The molecule has 0 aliphatic carbocycles. The van der Waals surface area contributed by atoms with Crippen LogP contribution >= 0.6 is 0 Å². The monoisotopic (exact) mass is 259 g/mol. The molecular formula is C15H17NO3. The molecule has 0 fully saturated rings. The van der Waals surface area contributed by atoms with E-state index in [4.69, 9.17) is 4.74 Å². The van der Waals surface area contributed by atoms with Gasteiger partial charge in [0.2, 0.25) is 0 Å². The van der Waals surface area contributed by atoms with Gasteiger partial charge in [-0.15, -0.1) is 0 Å². The summed E-state index contributed by atoms with van der Waals surface area (Å²) >= 11 is 0. The third kappa shape index (κ3) is 3.22. The third-order valence-electron chi connectivity index (χ3n) is 3.02. The molecule has 0 radical (unpaired) electrons. The van der Waals surface area contributed by atoms with E-state index in [0.717, 1.165) is 18.5 Å². The van der Waals surface area contributed by atoms with Gasteiger partial charge in [0.1, 0.15) is 0 Å². The smallest absolute Gasteiger partial charge is 0.330 e. The van der Waals surface area contributed by atoms with Crippen molar-refractivity contribution in [3.8, 4) is 0 Å². The van der Waals surface area contributed by atoms with Crippen molar-refractivity contribution >= 4 is 17.6 Å². The molecule has 19 heavy (non-hydrogen) atoms. The van der Waals surface area contributed by atoms with Gasteiger partial charge in [0.25, 0.3) is 5.91 Å². The highest BCUT2D eigenvalue weighted by Gasteiger charge is 2.20. The number of anilines is 1. The Morgan fingerprint density at radius 1 is 1.32 bits per heavy atom. The number of fused-ring (bicyclic) bond motifs is 1. The van der Waals surface area contributed by atoms with Crippen molar-refractivity contribution in [3.05, 3.63) is 42.0 Å². The van der Waals surface area contributed by atoms with Gasteiger partial charge >= 0.3 is 5.97 Å². The maximum Gasteiger partial charge on any atom is 0.330 e. The summed E-state index contributed by atoms with van der Waals surface area (Å²) in [5.41, 5.74) is 2.11. The number of hydrogen-bond acceptors (Lipinski definition) is 3. The van der Waals surface area contributed by atoms with Crippen molar-refractivity contribution in [2.75, 3.05) is 18.1 Å². The highest BCUT2D eigenvalue weighted by atomic mass is 16.5. The fraction of sp³-hybridized carbons (Fsp3) is 0.333. The second-order valence-electron chi connectivity index (χ2n) is 4.31. The minimum atomic E-state index is -0.485. The molecule has 2 rings (SSSR count). The normalized spacial score (nSPS) is 14.3. The average molecular weight is 259 g/mol. The first-order valence-corrected chi connectivity index (χ1v) is 6.46. The predicted molar refractivity (Wildman–Crippen MR) is 72.9 cm³/mol. The Bertz CT molecular complexity index is 508. The molecule has 1 heterocycles. The molecule has 4 nitrogen and oxygen atoms in total. The zero-order valence-electron chi connectivity index (χ0n) is 11.0. The summed E-state index contributed by atoms with van der Waals surface area (Å²) in [4.78, 5) is 25.0. The summed E-state index contributed by atoms with van der Waals surface area (Å²) in [6.07, 6.45) is 4.39. The molecule has 4 heteroatoms. The minimum absolute atomic E-state index is 0.180. The van der Waals surface area contributed by atoms with Crippen molar-refractivity contribution in [1.29, 1.82) is 0 Å².